The molecule has 2 atom stereocenters. The van der Waals surface area contributed by atoms with E-state index in [1.807, 2.05) is 13.0 Å². The number of nitrogens with zero attached hydrogens (tertiary/aromatic N) is 2. The van der Waals surface area contributed by atoms with Crippen molar-refractivity contribution in [1.29, 1.82) is 5.26 Å². The van der Waals surface area contributed by atoms with E-state index in [4.69, 9.17) is 5.26 Å². The summed E-state index contributed by atoms with van der Waals surface area (Å²) in [6, 6.07) is 12.2. The van der Waals surface area contributed by atoms with Crippen LogP contribution in [-0.2, 0) is 11.3 Å². The number of nitrogens with one attached hydrogen (secondary N) is 2. The molecule has 2 aromatic rings. The van der Waals surface area contributed by atoms with E-state index >= 15 is 0 Å². The molecule has 5 nitrogen and oxygen atoms in total. The third kappa shape index (κ3) is 5.15. The lowest BCUT2D eigenvalue weighted by Gasteiger charge is -2.24. The molecule has 2 unspecified atom stereocenters. The van der Waals surface area contributed by atoms with Crippen LogP contribution in [0.2, 0.25) is 0 Å². The van der Waals surface area contributed by atoms with Crippen LogP contribution in [0.25, 0.3) is 0 Å². The lowest BCUT2D eigenvalue weighted by atomic mass is 9.80. The summed E-state index contributed by atoms with van der Waals surface area (Å²) in [7, 11) is 0. The number of halogens is 2. The predicted molar refractivity (Wildman–Crippen MR) is 115 cm³/mol. The standard InChI is InChI=1S/C24H24F2N4O/c1-3-28-15-22-24(2,12-23(31)29-14-17-6-4-5-7-19(17)25)11-21(30-22)18-9-8-16(13-27)10-20(18)26/h3-10,15,21,30H,11-12,14H2,1-2H3,(H,29,31)/b22-15-,28-3?. The molecule has 1 fully saturated rings. The maximum absolute atomic E-state index is 14.6. The van der Waals surface area contributed by atoms with Crippen molar-refractivity contribution >= 4 is 12.1 Å². The molecule has 1 aliphatic heterocycles. The Hall–Kier alpha value is -3.53. The van der Waals surface area contributed by atoms with Crippen molar-refractivity contribution in [3.05, 3.63) is 82.7 Å². The SMILES string of the molecule is CC=N/C=C1\NC(c2ccc(C#N)cc2F)CC1(C)CC(=O)NCc1ccccc1F. The van der Waals surface area contributed by atoms with E-state index in [2.05, 4.69) is 15.6 Å². The zero-order valence-corrected chi connectivity index (χ0v) is 17.5. The van der Waals surface area contributed by atoms with Crippen molar-refractivity contribution in [2.75, 3.05) is 0 Å². The molecule has 0 radical (unpaired) electrons. The first-order valence-electron chi connectivity index (χ1n) is 10.0. The summed E-state index contributed by atoms with van der Waals surface area (Å²) in [5, 5.41) is 15.0. The highest BCUT2D eigenvalue weighted by Crippen LogP contribution is 2.46. The summed E-state index contributed by atoms with van der Waals surface area (Å²) in [6.07, 6.45) is 3.87. The molecular formula is C24H24F2N4O. The Balaban J connectivity index is 1.77. The molecule has 1 aliphatic rings. The van der Waals surface area contributed by atoms with Crippen molar-refractivity contribution in [1.82, 2.24) is 10.6 Å². The Morgan fingerprint density at radius 3 is 2.77 bits per heavy atom. The quantitative estimate of drug-likeness (QED) is 0.672. The summed E-state index contributed by atoms with van der Waals surface area (Å²) < 4.78 is 28.4. The summed E-state index contributed by atoms with van der Waals surface area (Å²) in [5.41, 5.74) is 1.20. The number of allylic oxidation sites excluding steroid dienone is 1. The van der Waals surface area contributed by atoms with Crippen molar-refractivity contribution in [3.8, 4) is 6.07 Å². The highest BCUT2D eigenvalue weighted by Gasteiger charge is 2.42. The molecule has 2 N–H and O–H groups in total. The van der Waals surface area contributed by atoms with Crippen LogP contribution in [0.5, 0.6) is 0 Å². The molecule has 0 spiro atoms. The van der Waals surface area contributed by atoms with Crippen molar-refractivity contribution in [2.45, 2.75) is 39.3 Å². The van der Waals surface area contributed by atoms with Crippen LogP contribution in [-0.4, -0.2) is 12.1 Å². The fourth-order valence-electron chi connectivity index (χ4n) is 3.80. The number of benzene rings is 2. The van der Waals surface area contributed by atoms with Crippen LogP contribution in [0.4, 0.5) is 8.78 Å². The predicted octanol–water partition coefficient (Wildman–Crippen LogP) is 4.52. The number of nitriles is 1. The third-order valence-electron chi connectivity index (χ3n) is 5.48. The molecule has 1 amide bonds. The number of carbonyl (C=O) groups excluding carboxylic acids is 1. The zero-order chi connectivity index (χ0) is 22.4. The second kappa shape index (κ2) is 9.52. The van der Waals surface area contributed by atoms with Crippen molar-refractivity contribution < 1.29 is 13.6 Å². The Morgan fingerprint density at radius 1 is 1.32 bits per heavy atom. The topological polar surface area (TPSA) is 77.3 Å². The van der Waals surface area contributed by atoms with Gasteiger partial charge in [-0.25, -0.2) is 8.78 Å². The van der Waals surface area contributed by atoms with Crippen LogP contribution in [0.1, 0.15) is 49.4 Å². The van der Waals surface area contributed by atoms with Gasteiger partial charge in [-0.15, -0.1) is 0 Å². The summed E-state index contributed by atoms with van der Waals surface area (Å²) in [5.74, 6) is -1.08. The average molecular weight is 422 g/mol. The molecule has 2 aromatic carbocycles. The van der Waals surface area contributed by atoms with Gasteiger partial charge in [0, 0.05) is 47.6 Å². The molecule has 0 saturated carbocycles. The maximum Gasteiger partial charge on any atom is 0.221 e. The maximum atomic E-state index is 14.6. The molecular weight excluding hydrogens is 398 g/mol. The minimum absolute atomic E-state index is 0.0921. The van der Waals surface area contributed by atoms with Crippen molar-refractivity contribution in [3.63, 3.8) is 0 Å². The smallest absolute Gasteiger partial charge is 0.221 e. The van der Waals surface area contributed by atoms with E-state index in [0.29, 0.717) is 17.5 Å². The Labute approximate surface area is 180 Å². The lowest BCUT2D eigenvalue weighted by molar-refractivity contribution is -0.122. The fraction of sp³-hybridized carbons (Fsp3) is 0.292. The first-order valence-corrected chi connectivity index (χ1v) is 10.0. The summed E-state index contributed by atoms with van der Waals surface area (Å²) in [6.45, 7) is 3.79. The van der Waals surface area contributed by atoms with Gasteiger partial charge in [0.1, 0.15) is 11.6 Å². The Bertz CT molecular complexity index is 1070. The molecule has 3 rings (SSSR count). The van der Waals surface area contributed by atoms with E-state index in [0.717, 1.165) is 5.70 Å². The highest BCUT2D eigenvalue weighted by atomic mass is 19.1. The van der Waals surface area contributed by atoms with Gasteiger partial charge in [0.25, 0.3) is 0 Å². The minimum Gasteiger partial charge on any atom is -0.380 e. The van der Waals surface area contributed by atoms with E-state index in [1.165, 1.54) is 12.1 Å². The molecule has 1 heterocycles. The van der Waals surface area contributed by atoms with E-state index in [-0.39, 0.29) is 36.3 Å². The first kappa shape index (κ1) is 22.2. The molecule has 1 saturated heterocycles. The van der Waals surface area contributed by atoms with Crippen LogP contribution >= 0.6 is 0 Å². The van der Waals surface area contributed by atoms with E-state index in [1.54, 1.807) is 49.7 Å². The van der Waals surface area contributed by atoms with Gasteiger partial charge < -0.3 is 10.6 Å². The minimum atomic E-state index is -0.614. The van der Waals surface area contributed by atoms with Gasteiger partial charge in [0.2, 0.25) is 5.91 Å². The van der Waals surface area contributed by atoms with E-state index in [9.17, 15) is 13.6 Å². The number of carbonyl (C=O) groups is 1. The average Bonchev–Trinajstić information content (AvgIpc) is 3.06. The number of amides is 1. The highest BCUT2D eigenvalue weighted by molar-refractivity contribution is 5.77. The first-order chi connectivity index (χ1) is 14.9. The van der Waals surface area contributed by atoms with Crippen LogP contribution in [0.15, 0.2) is 59.4 Å². The molecule has 0 aromatic heterocycles. The normalized spacial score (nSPS) is 21.8. The number of hydrogen-bond donors (Lipinski definition) is 2. The van der Waals surface area contributed by atoms with Crippen LogP contribution in [0, 0.1) is 28.4 Å². The zero-order valence-electron chi connectivity index (χ0n) is 17.5. The fourth-order valence-corrected chi connectivity index (χ4v) is 3.80. The Kier molecular flexibility index (Phi) is 6.81. The lowest BCUT2D eigenvalue weighted by Crippen LogP contribution is -2.30. The molecule has 7 heteroatoms. The molecule has 31 heavy (non-hydrogen) atoms. The van der Waals surface area contributed by atoms with Gasteiger partial charge in [0.05, 0.1) is 17.7 Å². The molecule has 0 bridgehead atoms. The monoisotopic (exact) mass is 422 g/mol. The second-order valence-electron chi connectivity index (χ2n) is 7.80. The van der Waals surface area contributed by atoms with E-state index < -0.39 is 11.2 Å². The van der Waals surface area contributed by atoms with Gasteiger partial charge in [-0.2, -0.15) is 5.26 Å². The number of aliphatic imine (C=N–C) groups is 1. The van der Waals surface area contributed by atoms with Gasteiger partial charge >= 0.3 is 0 Å². The van der Waals surface area contributed by atoms with Gasteiger partial charge in [0.15, 0.2) is 0 Å². The van der Waals surface area contributed by atoms with Gasteiger partial charge in [-0.05, 0) is 31.5 Å². The third-order valence-corrected chi connectivity index (χ3v) is 5.48. The summed E-state index contributed by atoms with van der Waals surface area (Å²) in [4.78, 5) is 16.8. The molecule has 160 valence electrons. The summed E-state index contributed by atoms with van der Waals surface area (Å²) >= 11 is 0. The van der Waals surface area contributed by atoms with Crippen molar-refractivity contribution in [2.24, 2.45) is 10.4 Å². The largest absolute Gasteiger partial charge is 0.380 e. The van der Waals surface area contributed by atoms with Gasteiger partial charge in [-0.3, -0.25) is 9.79 Å². The second-order valence-corrected chi connectivity index (χ2v) is 7.80. The number of hydrogen-bond acceptors (Lipinski definition) is 4. The molecule has 0 aliphatic carbocycles. The van der Waals surface area contributed by atoms with Crippen LogP contribution in [0.3, 0.4) is 0 Å². The van der Waals surface area contributed by atoms with Crippen LogP contribution < -0.4 is 10.6 Å². The van der Waals surface area contributed by atoms with Gasteiger partial charge in [-0.1, -0.05) is 31.2 Å². The number of rotatable bonds is 6. The Morgan fingerprint density at radius 2 is 2.10 bits per heavy atom.